The zero-order valence-corrected chi connectivity index (χ0v) is 13.0. The number of rotatable bonds is 3. The smallest absolute Gasteiger partial charge is 0.255 e. The molecule has 0 spiro atoms. The van der Waals surface area contributed by atoms with Gasteiger partial charge in [0, 0.05) is 17.3 Å². The number of nitrogens with one attached hydrogen (secondary N) is 1. The minimum atomic E-state index is -3.88. The van der Waals surface area contributed by atoms with Gasteiger partial charge in [0.25, 0.3) is 5.91 Å². The fourth-order valence-electron chi connectivity index (χ4n) is 2.22. The Balaban J connectivity index is 1.88. The maximum atomic E-state index is 12.3. The quantitative estimate of drug-likeness (QED) is 0.887. The lowest BCUT2D eigenvalue weighted by atomic mass is 10.1. The number of carbonyl (C=O) groups excluding carboxylic acids is 1. The molecule has 2 aromatic rings. The highest BCUT2D eigenvalue weighted by molar-refractivity contribution is 7.89. The molecule has 1 amide bonds. The highest BCUT2D eigenvalue weighted by Crippen LogP contribution is 2.34. The van der Waals surface area contributed by atoms with Crippen molar-refractivity contribution >= 4 is 21.6 Å². The summed E-state index contributed by atoms with van der Waals surface area (Å²) < 4.78 is 33.4. The van der Waals surface area contributed by atoms with E-state index in [0.29, 0.717) is 22.7 Å². The highest BCUT2D eigenvalue weighted by Gasteiger charge is 2.16. The summed E-state index contributed by atoms with van der Waals surface area (Å²) in [6.07, 6.45) is 0. The topological polar surface area (TPSA) is 108 Å². The summed E-state index contributed by atoms with van der Waals surface area (Å²) in [7, 11) is -3.88. The van der Waals surface area contributed by atoms with Crippen molar-refractivity contribution in [1.29, 1.82) is 0 Å². The maximum absolute atomic E-state index is 12.3. The van der Waals surface area contributed by atoms with Crippen LogP contribution in [0.15, 0.2) is 41.3 Å². The number of amides is 1. The van der Waals surface area contributed by atoms with Gasteiger partial charge in [0.1, 0.15) is 0 Å². The predicted molar refractivity (Wildman–Crippen MR) is 83.1 cm³/mol. The van der Waals surface area contributed by atoms with Gasteiger partial charge in [-0.15, -0.1) is 0 Å². The van der Waals surface area contributed by atoms with Crippen LogP contribution >= 0.6 is 0 Å². The molecule has 120 valence electrons. The number of aryl methyl sites for hydroxylation is 1. The lowest BCUT2D eigenvalue weighted by molar-refractivity contribution is 0.102. The van der Waals surface area contributed by atoms with E-state index in [1.807, 2.05) is 0 Å². The summed E-state index contributed by atoms with van der Waals surface area (Å²) in [6.45, 7) is 1.83. The molecule has 8 heteroatoms. The van der Waals surface area contributed by atoms with Gasteiger partial charge in [-0.1, -0.05) is 0 Å². The number of hydrogen-bond donors (Lipinski definition) is 2. The molecular formula is C15H14N2O5S. The average molecular weight is 334 g/mol. The fraction of sp³-hybridized carbons (Fsp3) is 0.133. The SMILES string of the molecule is Cc1cc(C(=O)Nc2ccc3c(c2)OCO3)cc(S(N)(=O)=O)c1. The third kappa shape index (κ3) is 3.27. The third-order valence-electron chi connectivity index (χ3n) is 3.27. The van der Waals surface area contributed by atoms with E-state index in [4.69, 9.17) is 14.6 Å². The molecule has 23 heavy (non-hydrogen) atoms. The van der Waals surface area contributed by atoms with Gasteiger partial charge in [-0.05, 0) is 42.8 Å². The van der Waals surface area contributed by atoms with E-state index in [2.05, 4.69) is 5.32 Å². The second-order valence-corrected chi connectivity index (χ2v) is 6.66. The van der Waals surface area contributed by atoms with Crippen LogP contribution in [0.4, 0.5) is 5.69 Å². The molecule has 2 aromatic carbocycles. The molecular weight excluding hydrogens is 320 g/mol. The molecule has 1 aliphatic rings. The number of benzene rings is 2. The number of hydrogen-bond acceptors (Lipinski definition) is 5. The maximum Gasteiger partial charge on any atom is 0.255 e. The Kier molecular flexibility index (Phi) is 3.70. The van der Waals surface area contributed by atoms with Gasteiger partial charge >= 0.3 is 0 Å². The summed E-state index contributed by atoms with van der Waals surface area (Å²) >= 11 is 0. The first-order valence-electron chi connectivity index (χ1n) is 6.68. The van der Waals surface area contributed by atoms with Crippen molar-refractivity contribution in [3.05, 3.63) is 47.5 Å². The molecule has 0 unspecified atom stereocenters. The monoisotopic (exact) mass is 334 g/mol. The number of fused-ring (bicyclic) bond motifs is 1. The van der Waals surface area contributed by atoms with E-state index in [0.717, 1.165) is 0 Å². The van der Waals surface area contributed by atoms with E-state index in [1.165, 1.54) is 12.1 Å². The Morgan fingerprint density at radius 3 is 2.61 bits per heavy atom. The van der Waals surface area contributed by atoms with E-state index in [-0.39, 0.29) is 17.3 Å². The van der Waals surface area contributed by atoms with Gasteiger partial charge in [0.15, 0.2) is 11.5 Å². The molecule has 0 radical (unpaired) electrons. The number of anilines is 1. The molecule has 0 saturated heterocycles. The van der Waals surface area contributed by atoms with Gasteiger partial charge in [-0.2, -0.15) is 0 Å². The van der Waals surface area contributed by atoms with Gasteiger partial charge < -0.3 is 14.8 Å². The minimum Gasteiger partial charge on any atom is -0.454 e. The van der Waals surface area contributed by atoms with Crippen LogP contribution in [0.3, 0.4) is 0 Å². The largest absolute Gasteiger partial charge is 0.454 e. The van der Waals surface area contributed by atoms with Crippen molar-refractivity contribution in [3.63, 3.8) is 0 Å². The molecule has 0 atom stereocenters. The third-order valence-corrected chi connectivity index (χ3v) is 4.16. The average Bonchev–Trinajstić information content (AvgIpc) is 2.93. The van der Waals surface area contributed by atoms with Crippen molar-refractivity contribution in [2.24, 2.45) is 5.14 Å². The van der Waals surface area contributed by atoms with Crippen molar-refractivity contribution in [3.8, 4) is 11.5 Å². The Morgan fingerprint density at radius 2 is 1.87 bits per heavy atom. The standard InChI is InChI=1S/C15H14N2O5S/c1-9-4-10(6-12(5-9)23(16,19)20)15(18)17-11-2-3-13-14(7-11)22-8-21-13/h2-7H,8H2,1H3,(H,17,18)(H2,16,19,20). The van der Waals surface area contributed by atoms with Crippen molar-refractivity contribution < 1.29 is 22.7 Å². The Hall–Kier alpha value is -2.58. The van der Waals surface area contributed by atoms with Gasteiger partial charge in [-0.3, -0.25) is 4.79 Å². The van der Waals surface area contributed by atoms with E-state index >= 15 is 0 Å². The Labute approximate surface area is 133 Å². The molecule has 7 nitrogen and oxygen atoms in total. The molecule has 0 fully saturated rings. The van der Waals surface area contributed by atoms with E-state index in [9.17, 15) is 13.2 Å². The molecule has 0 aromatic heterocycles. The first kappa shape index (κ1) is 15.3. The van der Waals surface area contributed by atoms with Crippen molar-refractivity contribution in [1.82, 2.24) is 0 Å². The molecule has 3 N–H and O–H groups in total. The van der Waals surface area contributed by atoms with Crippen LogP contribution in [0.25, 0.3) is 0 Å². The number of nitrogens with two attached hydrogens (primary N) is 1. The van der Waals surface area contributed by atoms with Crippen LogP contribution in [-0.2, 0) is 10.0 Å². The molecule has 1 heterocycles. The van der Waals surface area contributed by atoms with Gasteiger partial charge in [0.2, 0.25) is 16.8 Å². The summed E-state index contributed by atoms with van der Waals surface area (Å²) in [5.74, 6) is 0.699. The number of sulfonamides is 1. The van der Waals surface area contributed by atoms with E-state index < -0.39 is 15.9 Å². The van der Waals surface area contributed by atoms with Crippen molar-refractivity contribution in [2.75, 3.05) is 12.1 Å². The predicted octanol–water partition coefficient (Wildman–Crippen LogP) is 1.62. The van der Waals surface area contributed by atoms with Crippen LogP contribution in [0.5, 0.6) is 11.5 Å². The Morgan fingerprint density at radius 1 is 1.13 bits per heavy atom. The van der Waals surface area contributed by atoms with Gasteiger partial charge in [-0.25, -0.2) is 13.6 Å². The van der Waals surface area contributed by atoms with Crippen molar-refractivity contribution in [2.45, 2.75) is 11.8 Å². The Bertz CT molecular complexity index is 893. The first-order chi connectivity index (χ1) is 10.8. The van der Waals surface area contributed by atoms with Crippen LogP contribution < -0.4 is 19.9 Å². The number of primary sulfonamides is 1. The lowest BCUT2D eigenvalue weighted by Crippen LogP contribution is -2.16. The number of ether oxygens (including phenoxy) is 2. The fourth-order valence-corrected chi connectivity index (χ4v) is 2.86. The summed E-state index contributed by atoms with van der Waals surface area (Å²) in [4.78, 5) is 12.2. The van der Waals surface area contributed by atoms with Crippen LogP contribution in [-0.4, -0.2) is 21.1 Å². The normalized spacial score (nSPS) is 13.0. The zero-order valence-electron chi connectivity index (χ0n) is 12.2. The molecule has 0 aliphatic carbocycles. The first-order valence-corrected chi connectivity index (χ1v) is 8.23. The van der Waals surface area contributed by atoms with Crippen LogP contribution in [0, 0.1) is 6.92 Å². The molecule has 0 bridgehead atoms. The second-order valence-electron chi connectivity index (χ2n) is 5.10. The number of carbonyl (C=O) groups is 1. The van der Waals surface area contributed by atoms with Crippen LogP contribution in [0.1, 0.15) is 15.9 Å². The summed E-state index contributed by atoms with van der Waals surface area (Å²) in [5, 5.41) is 7.80. The summed E-state index contributed by atoms with van der Waals surface area (Å²) in [5.41, 5.74) is 1.33. The zero-order chi connectivity index (χ0) is 16.6. The molecule has 3 rings (SSSR count). The van der Waals surface area contributed by atoms with Crippen LogP contribution in [0.2, 0.25) is 0 Å². The summed E-state index contributed by atoms with van der Waals surface area (Å²) in [6, 6.07) is 9.22. The van der Waals surface area contributed by atoms with E-state index in [1.54, 1.807) is 31.2 Å². The lowest BCUT2D eigenvalue weighted by Gasteiger charge is -2.08. The minimum absolute atomic E-state index is 0.103. The second kappa shape index (κ2) is 5.56. The highest BCUT2D eigenvalue weighted by atomic mass is 32.2. The molecule has 1 aliphatic heterocycles. The van der Waals surface area contributed by atoms with Gasteiger partial charge in [0.05, 0.1) is 4.90 Å². The molecule has 0 saturated carbocycles.